The van der Waals surface area contributed by atoms with Crippen molar-refractivity contribution < 1.29 is 14.3 Å². The van der Waals surface area contributed by atoms with Gasteiger partial charge in [0.1, 0.15) is 5.75 Å². The Bertz CT molecular complexity index is 869. The number of rotatable bonds is 5. The highest BCUT2D eigenvalue weighted by Gasteiger charge is 2.36. The van der Waals surface area contributed by atoms with Gasteiger partial charge in [0.25, 0.3) is 0 Å². The van der Waals surface area contributed by atoms with Crippen LogP contribution in [0.5, 0.6) is 5.75 Å². The lowest BCUT2D eigenvalue weighted by Gasteiger charge is -2.21. The molecule has 6 nitrogen and oxygen atoms in total. The molecule has 2 aromatic carbocycles. The van der Waals surface area contributed by atoms with Gasteiger partial charge in [-0.2, -0.15) is 5.26 Å². The van der Waals surface area contributed by atoms with Crippen molar-refractivity contribution in [3.8, 4) is 11.8 Å². The summed E-state index contributed by atoms with van der Waals surface area (Å²) in [6.07, 6.45) is 0.211. The topological polar surface area (TPSA) is 73.6 Å². The summed E-state index contributed by atoms with van der Waals surface area (Å²) in [7, 11) is 3.33. The van der Waals surface area contributed by atoms with E-state index in [2.05, 4.69) is 6.07 Å². The number of carbonyl (C=O) groups excluding carboxylic acids is 2. The van der Waals surface area contributed by atoms with Crippen molar-refractivity contribution in [3.63, 3.8) is 0 Å². The van der Waals surface area contributed by atoms with E-state index in [1.807, 2.05) is 24.3 Å². The molecule has 0 aliphatic carbocycles. The number of amides is 2. The minimum Gasteiger partial charge on any atom is -0.497 e. The van der Waals surface area contributed by atoms with Gasteiger partial charge in [-0.15, -0.1) is 0 Å². The van der Waals surface area contributed by atoms with Crippen molar-refractivity contribution in [1.82, 2.24) is 4.90 Å². The van der Waals surface area contributed by atoms with Gasteiger partial charge in [-0.25, -0.2) is 0 Å². The first-order valence-corrected chi connectivity index (χ1v) is 8.70. The second-order valence-corrected chi connectivity index (χ2v) is 6.61. The maximum Gasteiger partial charge on any atom is 0.228 e. The molecule has 0 bridgehead atoms. The van der Waals surface area contributed by atoms with Gasteiger partial charge in [-0.1, -0.05) is 12.1 Å². The summed E-state index contributed by atoms with van der Waals surface area (Å²) in [6.45, 7) is 0.819. The fourth-order valence-electron chi connectivity index (χ4n) is 3.23. The lowest BCUT2D eigenvalue weighted by Crippen LogP contribution is -2.34. The van der Waals surface area contributed by atoms with E-state index in [-0.39, 0.29) is 24.2 Å². The number of benzene rings is 2. The minimum absolute atomic E-state index is 0.0507. The van der Waals surface area contributed by atoms with Crippen molar-refractivity contribution in [3.05, 3.63) is 59.7 Å². The van der Waals surface area contributed by atoms with E-state index in [0.717, 1.165) is 17.0 Å². The highest BCUT2D eigenvalue weighted by Crippen LogP contribution is 2.28. The number of hydrogen-bond acceptors (Lipinski definition) is 4. The molecular weight excluding hydrogens is 342 g/mol. The van der Waals surface area contributed by atoms with E-state index in [1.54, 1.807) is 48.2 Å². The monoisotopic (exact) mass is 363 g/mol. The van der Waals surface area contributed by atoms with Crippen LogP contribution in [-0.4, -0.2) is 37.4 Å². The van der Waals surface area contributed by atoms with Gasteiger partial charge in [0.2, 0.25) is 11.8 Å². The number of nitrogens with zero attached hydrogens (tertiary/aromatic N) is 3. The summed E-state index contributed by atoms with van der Waals surface area (Å²) in [6, 6.07) is 16.5. The molecule has 0 spiro atoms. The number of anilines is 1. The van der Waals surface area contributed by atoms with Gasteiger partial charge in [-0.05, 0) is 42.0 Å². The highest BCUT2D eigenvalue weighted by molar-refractivity contribution is 6.00. The summed E-state index contributed by atoms with van der Waals surface area (Å²) in [5, 5.41) is 8.86. The Morgan fingerprint density at radius 2 is 1.89 bits per heavy atom. The number of ether oxygens (including phenoxy) is 1. The molecule has 1 unspecified atom stereocenters. The van der Waals surface area contributed by atoms with Crippen LogP contribution in [0.1, 0.15) is 17.5 Å². The Balaban J connectivity index is 1.64. The number of hydrogen-bond donors (Lipinski definition) is 0. The fourth-order valence-corrected chi connectivity index (χ4v) is 3.23. The van der Waals surface area contributed by atoms with Crippen LogP contribution in [0, 0.1) is 17.2 Å². The first kappa shape index (κ1) is 18.5. The third-order valence-electron chi connectivity index (χ3n) is 4.74. The molecule has 3 rings (SSSR count). The number of methoxy groups -OCH3 is 1. The van der Waals surface area contributed by atoms with Gasteiger partial charge in [0, 0.05) is 32.2 Å². The van der Waals surface area contributed by atoms with Crippen molar-refractivity contribution in [2.75, 3.05) is 25.6 Å². The van der Waals surface area contributed by atoms with E-state index in [1.165, 1.54) is 0 Å². The molecule has 27 heavy (non-hydrogen) atoms. The molecule has 6 heteroatoms. The quantitative estimate of drug-likeness (QED) is 0.818. The first-order valence-electron chi connectivity index (χ1n) is 8.70. The molecule has 1 aliphatic rings. The lowest BCUT2D eigenvalue weighted by atomic mass is 10.1. The maximum absolute atomic E-state index is 12.8. The summed E-state index contributed by atoms with van der Waals surface area (Å²) < 4.78 is 5.14. The molecule has 138 valence electrons. The summed E-state index contributed by atoms with van der Waals surface area (Å²) >= 11 is 0. The Kier molecular flexibility index (Phi) is 5.41. The average Bonchev–Trinajstić information content (AvgIpc) is 3.09. The highest BCUT2D eigenvalue weighted by atomic mass is 16.5. The third kappa shape index (κ3) is 4.09. The van der Waals surface area contributed by atoms with Crippen molar-refractivity contribution in [2.24, 2.45) is 5.92 Å². The first-order chi connectivity index (χ1) is 13.0. The Morgan fingerprint density at radius 1 is 1.22 bits per heavy atom. The third-order valence-corrected chi connectivity index (χ3v) is 4.74. The zero-order chi connectivity index (χ0) is 19.4. The smallest absolute Gasteiger partial charge is 0.228 e. The molecule has 1 atom stereocenters. The van der Waals surface area contributed by atoms with Crippen LogP contribution in [-0.2, 0) is 16.1 Å². The van der Waals surface area contributed by atoms with E-state index in [0.29, 0.717) is 18.7 Å². The maximum atomic E-state index is 12.8. The Labute approximate surface area is 158 Å². The van der Waals surface area contributed by atoms with Crippen LogP contribution in [0.4, 0.5) is 5.69 Å². The molecule has 1 fully saturated rings. The average molecular weight is 363 g/mol. The molecule has 0 radical (unpaired) electrons. The summed E-state index contributed by atoms with van der Waals surface area (Å²) in [5.74, 6) is 0.261. The van der Waals surface area contributed by atoms with Gasteiger partial charge >= 0.3 is 0 Å². The second kappa shape index (κ2) is 7.92. The molecular formula is C21H21N3O3. The summed E-state index contributed by atoms with van der Waals surface area (Å²) in [5.41, 5.74) is 2.30. The zero-order valence-electron chi connectivity index (χ0n) is 15.4. The standard InChI is InChI=1S/C21H21N3O3/c1-23(13-16-5-3-15(12-22)4-6-16)21(26)17-11-20(25)24(14-17)18-7-9-19(27-2)10-8-18/h3-10,17H,11,13-14H2,1-2H3. The van der Waals surface area contributed by atoms with Crippen molar-refractivity contribution >= 4 is 17.5 Å². The van der Waals surface area contributed by atoms with Gasteiger partial charge < -0.3 is 14.5 Å². The van der Waals surface area contributed by atoms with Crippen LogP contribution in [0.3, 0.4) is 0 Å². The van der Waals surface area contributed by atoms with Gasteiger partial charge in [0.05, 0.1) is 24.7 Å². The van der Waals surface area contributed by atoms with Crippen molar-refractivity contribution in [1.29, 1.82) is 5.26 Å². The lowest BCUT2D eigenvalue weighted by molar-refractivity contribution is -0.135. The molecule has 2 aromatic rings. The molecule has 0 N–H and O–H groups in total. The molecule has 1 heterocycles. The number of carbonyl (C=O) groups is 2. The van der Waals surface area contributed by atoms with E-state index >= 15 is 0 Å². The van der Waals surface area contributed by atoms with Crippen LogP contribution in [0.2, 0.25) is 0 Å². The van der Waals surface area contributed by atoms with Crippen LogP contribution < -0.4 is 9.64 Å². The van der Waals surface area contributed by atoms with E-state index in [9.17, 15) is 9.59 Å². The Morgan fingerprint density at radius 3 is 2.48 bits per heavy atom. The normalized spacial score (nSPS) is 16.1. The Hall–Kier alpha value is -3.33. The van der Waals surface area contributed by atoms with E-state index in [4.69, 9.17) is 10.00 Å². The van der Waals surface area contributed by atoms with Crippen LogP contribution in [0.25, 0.3) is 0 Å². The van der Waals surface area contributed by atoms with Crippen molar-refractivity contribution in [2.45, 2.75) is 13.0 Å². The SMILES string of the molecule is COc1ccc(N2CC(C(=O)N(C)Cc3ccc(C#N)cc3)CC2=O)cc1. The summed E-state index contributed by atoms with van der Waals surface area (Å²) in [4.78, 5) is 28.4. The minimum atomic E-state index is -0.358. The predicted molar refractivity (Wildman–Crippen MR) is 101 cm³/mol. The molecule has 1 aliphatic heterocycles. The molecule has 0 saturated carbocycles. The van der Waals surface area contributed by atoms with Gasteiger partial charge in [0.15, 0.2) is 0 Å². The van der Waals surface area contributed by atoms with Crippen LogP contribution in [0.15, 0.2) is 48.5 Å². The molecule has 2 amide bonds. The van der Waals surface area contributed by atoms with Gasteiger partial charge in [-0.3, -0.25) is 9.59 Å². The number of nitriles is 1. The largest absolute Gasteiger partial charge is 0.497 e. The predicted octanol–water partition coefficient (Wildman–Crippen LogP) is 2.58. The fraction of sp³-hybridized carbons (Fsp3) is 0.286. The van der Waals surface area contributed by atoms with E-state index < -0.39 is 0 Å². The van der Waals surface area contributed by atoms with Crippen LogP contribution >= 0.6 is 0 Å². The second-order valence-electron chi connectivity index (χ2n) is 6.61. The zero-order valence-corrected chi connectivity index (χ0v) is 15.4. The molecule has 0 aromatic heterocycles. The molecule has 1 saturated heterocycles.